The van der Waals surface area contributed by atoms with Gasteiger partial charge in [0.15, 0.2) is 0 Å². The van der Waals surface area contributed by atoms with Crippen LogP contribution in [0, 0.1) is 0 Å². The lowest BCUT2D eigenvalue weighted by molar-refractivity contribution is 0.340. The Balaban J connectivity index is 1.89. The predicted molar refractivity (Wildman–Crippen MR) is 76.5 cm³/mol. The molecule has 2 rings (SSSR count). The molecule has 1 aliphatic heterocycles. The fraction of sp³-hybridized carbons (Fsp3) is 0.600. The topological polar surface area (TPSA) is 24.5 Å². The van der Waals surface area contributed by atoms with Gasteiger partial charge in [-0.05, 0) is 50.6 Å². The van der Waals surface area contributed by atoms with Crippen molar-refractivity contribution in [2.24, 2.45) is 0 Å². The van der Waals surface area contributed by atoms with Crippen LogP contribution in [0.5, 0.6) is 5.75 Å². The molecule has 1 atom stereocenters. The van der Waals surface area contributed by atoms with Gasteiger partial charge in [-0.1, -0.05) is 6.42 Å². The van der Waals surface area contributed by atoms with Crippen molar-refractivity contribution >= 4 is 5.69 Å². The van der Waals surface area contributed by atoms with Gasteiger partial charge in [0.1, 0.15) is 5.75 Å². The summed E-state index contributed by atoms with van der Waals surface area (Å²) in [5.74, 6) is 0.949. The van der Waals surface area contributed by atoms with Gasteiger partial charge in [0.2, 0.25) is 0 Å². The third-order valence-corrected chi connectivity index (χ3v) is 3.50. The van der Waals surface area contributed by atoms with Crippen LogP contribution < -0.4 is 15.0 Å². The minimum Gasteiger partial charge on any atom is -0.494 e. The molecule has 0 aromatic heterocycles. The second-order valence-corrected chi connectivity index (χ2v) is 4.95. The van der Waals surface area contributed by atoms with E-state index in [9.17, 15) is 0 Å². The molecule has 1 saturated heterocycles. The summed E-state index contributed by atoms with van der Waals surface area (Å²) in [4.78, 5) is 2.32. The predicted octanol–water partition coefficient (Wildman–Crippen LogP) is 2.66. The largest absolute Gasteiger partial charge is 0.494 e. The molecule has 0 amide bonds. The molecule has 3 nitrogen and oxygen atoms in total. The molecular formula is C15H24N2O. The highest BCUT2D eigenvalue weighted by Crippen LogP contribution is 2.19. The average molecular weight is 248 g/mol. The summed E-state index contributed by atoms with van der Waals surface area (Å²) in [5.41, 5.74) is 1.26. The van der Waals surface area contributed by atoms with E-state index in [0.717, 1.165) is 18.9 Å². The van der Waals surface area contributed by atoms with Crippen molar-refractivity contribution in [2.75, 3.05) is 31.6 Å². The quantitative estimate of drug-likeness (QED) is 0.867. The average Bonchev–Trinajstić information content (AvgIpc) is 2.41. The Hall–Kier alpha value is -1.22. The Bertz CT molecular complexity index is 344. The first-order chi connectivity index (χ1) is 8.79. The molecule has 1 fully saturated rings. The number of hydrogen-bond donors (Lipinski definition) is 1. The molecule has 0 aliphatic carbocycles. The molecule has 1 aromatic carbocycles. The summed E-state index contributed by atoms with van der Waals surface area (Å²) < 4.78 is 5.46. The second-order valence-electron chi connectivity index (χ2n) is 4.95. The molecule has 0 radical (unpaired) electrons. The molecule has 18 heavy (non-hydrogen) atoms. The van der Waals surface area contributed by atoms with Crippen molar-refractivity contribution in [3.63, 3.8) is 0 Å². The van der Waals surface area contributed by atoms with Crippen molar-refractivity contribution in [1.82, 2.24) is 5.32 Å². The van der Waals surface area contributed by atoms with Gasteiger partial charge in [0, 0.05) is 25.3 Å². The van der Waals surface area contributed by atoms with E-state index in [1.54, 1.807) is 0 Å². The van der Waals surface area contributed by atoms with E-state index in [2.05, 4.69) is 29.4 Å². The van der Waals surface area contributed by atoms with E-state index >= 15 is 0 Å². The first-order valence-electron chi connectivity index (χ1n) is 6.97. The van der Waals surface area contributed by atoms with Gasteiger partial charge in [0.25, 0.3) is 0 Å². The summed E-state index contributed by atoms with van der Waals surface area (Å²) >= 11 is 0. The van der Waals surface area contributed by atoms with Crippen LogP contribution in [-0.4, -0.2) is 32.8 Å². The van der Waals surface area contributed by atoms with Gasteiger partial charge in [0.05, 0.1) is 6.61 Å². The van der Waals surface area contributed by atoms with E-state index in [1.807, 2.05) is 19.1 Å². The van der Waals surface area contributed by atoms with Crippen LogP contribution in [-0.2, 0) is 0 Å². The lowest BCUT2D eigenvalue weighted by Gasteiger charge is -2.29. The number of benzene rings is 1. The SMILES string of the molecule is CCOc1ccc(N(C)CC2CCCCN2)cc1. The molecular weight excluding hydrogens is 224 g/mol. The van der Waals surface area contributed by atoms with Gasteiger partial charge < -0.3 is 15.0 Å². The van der Waals surface area contributed by atoms with Crippen molar-refractivity contribution in [3.8, 4) is 5.75 Å². The molecule has 1 aliphatic rings. The van der Waals surface area contributed by atoms with E-state index in [-0.39, 0.29) is 0 Å². The number of rotatable bonds is 5. The number of ether oxygens (including phenoxy) is 1. The fourth-order valence-electron chi connectivity index (χ4n) is 2.48. The maximum Gasteiger partial charge on any atom is 0.119 e. The van der Waals surface area contributed by atoms with Crippen molar-refractivity contribution in [1.29, 1.82) is 0 Å². The fourth-order valence-corrected chi connectivity index (χ4v) is 2.48. The molecule has 0 saturated carbocycles. The van der Waals surface area contributed by atoms with Crippen LogP contribution in [0.3, 0.4) is 0 Å². The zero-order valence-corrected chi connectivity index (χ0v) is 11.5. The Morgan fingerprint density at radius 1 is 1.28 bits per heavy atom. The van der Waals surface area contributed by atoms with Crippen molar-refractivity contribution in [2.45, 2.75) is 32.2 Å². The van der Waals surface area contributed by atoms with Crippen molar-refractivity contribution < 1.29 is 4.74 Å². The minimum atomic E-state index is 0.635. The molecule has 1 unspecified atom stereocenters. The highest BCUT2D eigenvalue weighted by molar-refractivity contribution is 5.48. The summed E-state index contributed by atoms with van der Waals surface area (Å²) in [6, 6.07) is 8.99. The van der Waals surface area contributed by atoms with Crippen LogP contribution >= 0.6 is 0 Å². The third kappa shape index (κ3) is 3.64. The first kappa shape index (κ1) is 13.2. The Kier molecular flexibility index (Phi) is 4.88. The molecule has 1 aromatic rings. The lowest BCUT2D eigenvalue weighted by atomic mass is 10.0. The highest BCUT2D eigenvalue weighted by atomic mass is 16.5. The van der Waals surface area contributed by atoms with Gasteiger partial charge >= 0.3 is 0 Å². The smallest absolute Gasteiger partial charge is 0.119 e. The van der Waals surface area contributed by atoms with Crippen molar-refractivity contribution in [3.05, 3.63) is 24.3 Å². The van der Waals surface area contributed by atoms with E-state index in [1.165, 1.54) is 31.5 Å². The normalized spacial score (nSPS) is 19.6. The number of piperidine rings is 1. The minimum absolute atomic E-state index is 0.635. The van der Waals surface area contributed by atoms with E-state index < -0.39 is 0 Å². The Morgan fingerprint density at radius 3 is 2.67 bits per heavy atom. The summed E-state index contributed by atoms with van der Waals surface area (Å²) in [6.07, 6.45) is 3.97. The number of nitrogens with one attached hydrogen (secondary N) is 1. The number of hydrogen-bond acceptors (Lipinski definition) is 3. The Morgan fingerprint density at radius 2 is 2.06 bits per heavy atom. The molecule has 0 spiro atoms. The van der Waals surface area contributed by atoms with Gasteiger partial charge in [-0.3, -0.25) is 0 Å². The lowest BCUT2D eigenvalue weighted by Crippen LogP contribution is -2.42. The summed E-state index contributed by atoms with van der Waals surface area (Å²) in [5, 5.41) is 3.59. The monoisotopic (exact) mass is 248 g/mol. The Labute approximate surface area is 110 Å². The standard InChI is InChI=1S/C15H24N2O/c1-3-18-15-9-7-14(8-10-15)17(2)12-13-6-4-5-11-16-13/h7-10,13,16H,3-6,11-12H2,1-2H3. The third-order valence-electron chi connectivity index (χ3n) is 3.50. The zero-order valence-electron chi connectivity index (χ0n) is 11.5. The zero-order chi connectivity index (χ0) is 12.8. The maximum absolute atomic E-state index is 5.46. The molecule has 100 valence electrons. The molecule has 1 N–H and O–H groups in total. The van der Waals surface area contributed by atoms with Crippen LogP contribution in [0.4, 0.5) is 5.69 Å². The van der Waals surface area contributed by atoms with Gasteiger partial charge in [-0.25, -0.2) is 0 Å². The molecule has 1 heterocycles. The summed E-state index contributed by atoms with van der Waals surface area (Å²) in [7, 11) is 2.16. The molecule has 0 bridgehead atoms. The number of nitrogens with zero attached hydrogens (tertiary/aromatic N) is 1. The molecule has 3 heteroatoms. The van der Waals surface area contributed by atoms with Crippen LogP contribution in [0.2, 0.25) is 0 Å². The number of anilines is 1. The van der Waals surface area contributed by atoms with Crippen LogP contribution in [0.15, 0.2) is 24.3 Å². The first-order valence-corrected chi connectivity index (χ1v) is 6.97. The maximum atomic E-state index is 5.46. The second kappa shape index (κ2) is 6.64. The van der Waals surface area contributed by atoms with Crippen LogP contribution in [0.1, 0.15) is 26.2 Å². The highest BCUT2D eigenvalue weighted by Gasteiger charge is 2.14. The van der Waals surface area contributed by atoms with Gasteiger partial charge in [-0.15, -0.1) is 0 Å². The van der Waals surface area contributed by atoms with Crippen LogP contribution in [0.25, 0.3) is 0 Å². The van der Waals surface area contributed by atoms with Gasteiger partial charge in [-0.2, -0.15) is 0 Å². The van der Waals surface area contributed by atoms with E-state index in [0.29, 0.717) is 6.04 Å². The summed E-state index contributed by atoms with van der Waals surface area (Å²) in [6.45, 7) is 4.98. The number of likely N-dealkylation sites (N-methyl/N-ethyl adjacent to an activating group) is 1. The van der Waals surface area contributed by atoms with E-state index in [4.69, 9.17) is 4.74 Å².